The molecule has 0 bridgehead atoms. The second kappa shape index (κ2) is 13.8. The zero-order valence-corrected chi connectivity index (χ0v) is 18.7. The SMILES string of the molecule is NC(Cc1cnc[nH]1)C(=O)NC(CS)C(=O)NC(CCC(=O)O)C(=O)NC(CC(=O)O)C(=O)O. The average Bonchev–Trinajstić information content (AvgIpc) is 3.26. The van der Waals surface area contributed by atoms with Gasteiger partial charge in [-0.05, 0) is 6.42 Å². The molecular formula is C18H26N6O9S. The molecule has 3 amide bonds. The van der Waals surface area contributed by atoms with E-state index in [0.717, 1.165) is 0 Å². The topological polar surface area (TPSA) is 254 Å². The Hall–Kier alpha value is -3.66. The van der Waals surface area contributed by atoms with Gasteiger partial charge in [0.15, 0.2) is 0 Å². The third kappa shape index (κ3) is 9.86. The third-order valence-corrected chi connectivity index (χ3v) is 4.79. The number of aromatic amines is 1. The average molecular weight is 503 g/mol. The van der Waals surface area contributed by atoms with Crippen LogP contribution in [0.1, 0.15) is 25.0 Å². The minimum atomic E-state index is -1.81. The van der Waals surface area contributed by atoms with E-state index in [1.54, 1.807) is 0 Å². The van der Waals surface area contributed by atoms with E-state index in [2.05, 4.69) is 33.2 Å². The van der Waals surface area contributed by atoms with Gasteiger partial charge in [0.1, 0.15) is 18.1 Å². The van der Waals surface area contributed by atoms with Crippen LogP contribution in [0, 0.1) is 0 Å². The Bertz CT molecular complexity index is 894. The summed E-state index contributed by atoms with van der Waals surface area (Å²) < 4.78 is 0. The van der Waals surface area contributed by atoms with Crippen molar-refractivity contribution >= 4 is 48.3 Å². The van der Waals surface area contributed by atoms with E-state index in [1.165, 1.54) is 12.5 Å². The molecule has 1 heterocycles. The number of hydrogen-bond acceptors (Lipinski definition) is 9. The number of carboxylic acids is 3. The molecule has 16 heteroatoms. The number of nitrogens with one attached hydrogen (secondary N) is 4. The Morgan fingerprint density at radius 3 is 2.03 bits per heavy atom. The Morgan fingerprint density at radius 1 is 0.941 bits per heavy atom. The van der Waals surface area contributed by atoms with Crippen molar-refractivity contribution < 1.29 is 44.1 Å². The lowest BCUT2D eigenvalue weighted by atomic mass is 10.1. The molecule has 1 aromatic rings. The maximum absolute atomic E-state index is 12.6. The number of imidazole rings is 1. The first-order valence-corrected chi connectivity index (χ1v) is 10.5. The van der Waals surface area contributed by atoms with Gasteiger partial charge in [0.2, 0.25) is 17.7 Å². The lowest BCUT2D eigenvalue weighted by molar-refractivity contribution is -0.147. The highest BCUT2D eigenvalue weighted by molar-refractivity contribution is 7.80. The van der Waals surface area contributed by atoms with Gasteiger partial charge in [-0.25, -0.2) is 9.78 Å². The van der Waals surface area contributed by atoms with Gasteiger partial charge >= 0.3 is 17.9 Å². The molecule has 0 spiro atoms. The lowest BCUT2D eigenvalue weighted by Crippen LogP contribution is -2.58. The smallest absolute Gasteiger partial charge is 0.326 e. The number of thiol groups is 1. The van der Waals surface area contributed by atoms with Crippen LogP contribution in [-0.2, 0) is 35.2 Å². The highest BCUT2D eigenvalue weighted by Crippen LogP contribution is 2.04. The maximum Gasteiger partial charge on any atom is 0.326 e. The molecule has 0 aliphatic carbocycles. The molecule has 4 atom stereocenters. The van der Waals surface area contributed by atoms with Gasteiger partial charge in [0, 0.05) is 30.5 Å². The first-order chi connectivity index (χ1) is 15.9. The van der Waals surface area contributed by atoms with Crippen molar-refractivity contribution in [3.8, 4) is 0 Å². The van der Waals surface area contributed by atoms with Crippen molar-refractivity contribution in [2.24, 2.45) is 5.73 Å². The standard InChI is InChI=1S/C18H26N6O9S/c19-9(3-8-5-20-7-21-8)15(29)24-12(6-34)17(31)22-10(1-2-13(25)26)16(30)23-11(18(32)33)4-14(27)28/h5,7,9-12,34H,1-4,6,19H2,(H,20,21)(H,22,31)(H,23,30)(H,24,29)(H,25,26)(H,27,28)(H,32,33). The minimum absolute atomic E-state index is 0.0938. The number of carboxylic acid groups (broad SMARTS) is 3. The highest BCUT2D eigenvalue weighted by atomic mass is 32.1. The summed E-state index contributed by atoms with van der Waals surface area (Å²) in [6.07, 6.45) is 1.02. The van der Waals surface area contributed by atoms with Crippen LogP contribution < -0.4 is 21.7 Å². The summed E-state index contributed by atoms with van der Waals surface area (Å²) in [5, 5.41) is 33.3. The molecule has 4 unspecified atom stereocenters. The Morgan fingerprint density at radius 2 is 1.53 bits per heavy atom. The monoisotopic (exact) mass is 502 g/mol. The number of amides is 3. The van der Waals surface area contributed by atoms with E-state index in [0.29, 0.717) is 5.69 Å². The largest absolute Gasteiger partial charge is 0.481 e. The second-order valence-corrected chi connectivity index (χ2v) is 7.49. The van der Waals surface area contributed by atoms with Gasteiger partial charge in [-0.1, -0.05) is 0 Å². The van der Waals surface area contributed by atoms with E-state index in [1.807, 2.05) is 5.32 Å². The normalized spacial score (nSPS) is 14.2. The van der Waals surface area contributed by atoms with Gasteiger partial charge in [-0.2, -0.15) is 12.6 Å². The number of nitrogens with two attached hydrogens (primary N) is 1. The number of carbonyl (C=O) groups is 6. The van der Waals surface area contributed by atoms with E-state index in [-0.39, 0.29) is 12.2 Å². The maximum atomic E-state index is 12.6. The Labute approximate surface area is 198 Å². The van der Waals surface area contributed by atoms with Crippen molar-refractivity contribution in [3.05, 3.63) is 18.2 Å². The predicted octanol–water partition coefficient (Wildman–Crippen LogP) is -2.91. The Kier molecular flexibility index (Phi) is 11.5. The minimum Gasteiger partial charge on any atom is -0.481 e. The molecule has 15 nitrogen and oxygen atoms in total. The first kappa shape index (κ1) is 28.4. The molecule has 0 aromatic carbocycles. The van der Waals surface area contributed by atoms with Crippen molar-refractivity contribution in [2.75, 3.05) is 5.75 Å². The van der Waals surface area contributed by atoms with E-state index >= 15 is 0 Å². The lowest BCUT2D eigenvalue weighted by Gasteiger charge is -2.24. The number of carbonyl (C=O) groups excluding carboxylic acids is 3. The van der Waals surface area contributed by atoms with Crippen molar-refractivity contribution in [3.63, 3.8) is 0 Å². The molecule has 0 aliphatic rings. The number of H-pyrrole nitrogens is 1. The number of aromatic nitrogens is 2. The summed E-state index contributed by atoms with van der Waals surface area (Å²) in [5.74, 6) is -7.36. The van der Waals surface area contributed by atoms with Gasteiger partial charge in [0.25, 0.3) is 0 Å². The zero-order chi connectivity index (χ0) is 25.8. The molecule has 0 aliphatic heterocycles. The predicted molar refractivity (Wildman–Crippen MR) is 117 cm³/mol. The van der Waals surface area contributed by atoms with E-state index in [9.17, 15) is 28.8 Å². The summed E-state index contributed by atoms with van der Waals surface area (Å²) in [6, 6.07) is -5.65. The molecule has 34 heavy (non-hydrogen) atoms. The molecule has 0 fully saturated rings. The van der Waals surface area contributed by atoms with Crippen LogP contribution in [0.15, 0.2) is 12.5 Å². The fraction of sp³-hybridized carbons (Fsp3) is 0.500. The quantitative estimate of drug-likeness (QED) is 0.110. The summed E-state index contributed by atoms with van der Waals surface area (Å²) in [5.41, 5.74) is 6.39. The van der Waals surface area contributed by atoms with Crippen LogP contribution in [0.25, 0.3) is 0 Å². The van der Waals surface area contributed by atoms with Crippen molar-refractivity contribution in [2.45, 2.75) is 49.9 Å². The number of rotatable bonds is 15. The summed E-state index contributed by atoms with van der Waals surface area (Å²) in [7, 11) is 0. The highest BCUT2D eigenvalue weighted by Gasteiger charge is 2.31. The molecule has 9 N–H and O–H groups in total. The van der Waals surface area contributed by atoms with E-state index in [4.69, 9.17) is 21.1 Å². The molecular weight excluding hydrogens is 476 g/mol. The first-order valence-electron chi connectivity index (χ1n) is 9.85. The molecule has 1 aromatic heterocycles. The van der Waals surface area contributed by atoms with Gasteiger partial charge in [0.05, 0.1) is 18.8 Å². The molecule has 0 saturated heterocycles. The van der Waals surface area contributed by atoms with Crippen LogP contribution in [0.4, 0.5) is 0 Å². The number of nitrogens with zero attached hydrogens (tertiary/aromatic N) is 1. The summed E-state index contributed by atoms with van der Waals surface area (Å²) in [4.78, 5) is 77.0. The van der Waals surface area contributed by atoms with Crippen LogP contribution in [-0.4, -0.2) is 90.8 Å². The van der Waals surface area contributed by atoms with Crippen LogP contribution in [0.5, 0.6) is 0 Å². The molecule has 0 saturated carbocycles. The van der Waals surface area contributed by atoms with Crippen molar-refractivity contribution in [1.82, 2.24) is 25.9 Å². The van der Waals surface area contributed by atoms with Gasteiger partial charge in [-0.15, -0.1) is 0 Å². The summed E-state index contributed by atoms with van der Waals surface area (Å²) >= 11 is 4.00. The summed E-state index contributed by atoms with van der Waals surface area (Å²) in [6.45, 7) is 0. The fourth-order valence-electron chi connectivity index (χ4n) is 2.65. The Balaban J connectivity index is 2.86. The van der Waals surface area contributed by atoms with Crippen LogP contribution in [0.3, 0.4) is 0 Å². The molecule has 188 valence electrons. The third-order valence-electron chi connectivity index (χ3n) is 4.42. The van der Waals surface area contributed by atoms with Crippen LogP contribution in [0.2, 0.25) is 0 Å². The van der Waals surface area contributed by atoms with Gasteiger partial charge in [-0.3, -0.25) is 24.0 Å². The number of aliphatic carboxylic acids is 3. The molecule has 1 rings (SSSR count). The van der Waals surface area contributed by atoms with Gasteiger partial charge < -0.3 is 42.0 Å². The fourth-order valence-corrected chi connectivity index (χ4v) is 2.91. The molecule has 0 radical (unpaired) electrons. The van der Waals surface area contributed by atoms with Crippen molar-refractivity contribution in [1.29, 1.82) is 0 Å². The van der Waals surface area contributed by atoms with Crippen LogP contribution >= 0.6 is 12.6 Å². The second-order valence-electron chi connectivity index (χ2n) is 7.12. The number of hydrogen-bond donors (Lipinski definition) is 9. The zero-order valence-electron chi connectivity index (χ0n) is 17.8. The van der Waals surface area contributed by atoms with E-state index < -0.39 is 79.1 Å².